The quantitative estimate of drug-likeness (QED) is 0.788. The normalized spacial score (nSPS) is 10.9. The van der Waals surface area contributed by atoms with Gasteiger partial charge in [-0.05, 0) is 32.4 Å². The molecule has 0 spiro atoms. The van der Waals surface area contributed by atoms with Crippen molar-refractivity contribution in [3.8, 4) is 5.75 Å². The Morgan fingerprint density at radius 2 is 2.10 bits per heavy atom. The fourth-order valence-electron chi connectivity index (χ4n) is 1.70. The van der Waals surface area contributed by atoms with Gasteiger partial charge >= 0.3 is 5.97 Å². The van der Waals surface area contributed by atoms with E-state index in [-0.39, 0.29) is 18.7 Å². The largest absolute Gasteiger partial charge is 0.495 e. The van der Waals surface area contributed by atoms with Crippen molar-refractivity contribution >= 4 is 11.9 Å². The monoisotopic (exact) mass is 280 g/mol. The highest BCUT2D eigenvalue weighted by atomic mass is 16.5. The molecule has 0 aliphatic rings. The maximum Gasteiger partial charge on any atom is 0.303 e. The molecule has 20 heavy (non-hydrogen) atoms. The molecule has 0 fully saturated rings. The fraction of sp³-hybridized carbons (Fsp3) is 0.500. The van der Waals surface area contributed by atoms with Gasteiger partial charge in [0.1, 0.15) is 5.75 Å². The van der Waals surface area contributed by atoms with E-state index in [0.717, 1.165) is 0 Å². The van der Waals surface area contributed by atoms with E-state index < -0.39 is 11.5 Å². The van der Waals surface area contributed by atoms with Gasteiger partial charge in [0, 0.05) is 17.7 Å². The van der Waals surface area contributed by atoms with Gasteiger partial charge in [-0.25, -0.2) is 0 Å². The van der Waals surface area contributed by atoms with Gasteiger partial charge in [0.15, 0.2) is 0 Å². The van der Waals surface area contributed by atoms with E-state index in [0.29, 0.717) is 17.9 Å². The summed E-state index contributed by atoms with van der Waals surface area (Å²) in [5.74, 6) is -0.418. The van der Waals surface area contributed by atoms with Gasteiger partial charge in [-0.3, -0.25) is 14.6 Å². The molecule has 1 heterocycles. The second-order valence-electron chi connectivity index (χ2n) is 5.19. The van der Waals surface area contributed by atoms with Gasteiger partial charge in [0.25, 0.3) is 0 Å². The molecule has 110 valence electrons. The molecule has 0 atom stereocenters. The van der Waals surface area contributed by atoms with Gasteiger partial charge in [-0.15, -0.1) is 0 Å². The summed E-state index contributed by atoms with van der Waals surface area (Å²) in [6, 6.07) is 3.47. The SMILES string of the molecule is COc1ccc(CC(=O)NC(C)(C)CCC(=O)O)nc1. The van der Waals surface area contributed by atoms with Crippen molar-refractivity contribution in [3.63, 3.8) is 0 Å². The molecule has 6 heteroatoms. The molecule has 0 saturated heterocycles. The van der Waals surface area contributed by atoms with Crippen LogP contribution in [0.4, 0.5) is 0 Å². The Morgan fingerprint density at radius 1 is 1.40 bits per heavy atom. The predicted molar refractivity (Wildman–Crippen MR) is 73.6 cm³/mol. The number of pyridine rings is 1. The average molecular weight is 280 g/mol. The highest BCUT2D eigenvalue weighted by molar-refractivity contribution is 5.79. The number of nitrogens with zero attached hydrogens (tertiary/aromatic N) is 1. The summed E-state index contributed by atoms with van der Waals surface area (Å²) in [5.41, 5.74) is 0.0828. The first-order chi connectivity index (χ1) is 9.32. The van der Waals surface area contributed by atoms with Crippen LogP contribution in [0.3, 0.4) is 0 Å². The molecule has 1 aromatic heterocycles. The Balaban J connectivity index is 2.51. The number of aliphatic carboxylic acids is 1. The second kappa shape index (κ2) is 6.88. The van der Waals surface area contributed by atoms with E-state index in [1.807, 2.05) is 0 Å². The van der Waals surface area contributed by atoms with Crippen molar-refractivity contribution in [2.75, 3.05) is 7.11 Å². The Bertz CT molecular complexity index is 469. The van der Waals surface area contributed by atoms with E-state index in [1.165, 1.54) is 0 Å². The number of aromatic nitrogens is 1. The predicted octanol–water partition coefficient (Wildman–Crippen LogP) is 1.39. The van der Waals surface area contributed by atoms with Crippen LogP contribution < -0.4 is 10.1 Å². The average Bonchev–Trinajstić information content (AvgIpc) is 2.37. The van der Waals surface area contributed by atoms with E-state index in [4.69, 9.17) is 9.84 Å². The summed E-state index contributed by atoms with van der Waals surface area (Å²) >= 11 is 0. The standard InChI is InChI=1S/C14H20N2O4/c1-14(2,7-6-13(18)19)16-12(17)8-10-4-5-11(20-3)9-15-10/h4-5,9H,6-8H2,1-3H3,(H,16,17)(H,18,19). The molecular formula is C14H20N2O4. The lowest BCUT2D eigenvalue weighted by Crippen LogP contribution is -2.44. The zero-order chi connectivity index (χ0) is 15.2. The van der Waals surface area contributed by atoms with Crippen LogP contribution in [0.5, 0.6) is 5.75 Å². The summed E-state index contributed by atoms with van der Waals surface area (Å²) in [6.45, 7) is 3.60. The maximum absolute atomic E-state index is 11.9. The molecule has 0 radical (unpaired) electrons. The molecule has 0 aliphatic carbocycles. The number of ether oxygens (including phenoxy) is 1. The molecule has 1 amide bonds. The van der Waals surface area contributed by atoms with E-state index in [1.54, 1.807) is 39.3 Å². The molecule has 1 aromatic rings. The number of carboxylic acid groups (broad SMARTS) is 1. The molecule has 0 aromatic carbocycles. The summed E-state index contributed by atoms with van der Waals surface area (Å²) in [4.78, 5) is 26.6. The minimum Gasteiger partial charge on any atom is -0.495 e. The summed E-state index contributed by atoms with van der Waals surface area (Å²) in [7, 11) is 1.55. The van der Waals surface area contributed by atoms with E-state index in [9.17, 15) is 9.59 Å². The van der Waals surface area contributed by atoms with Crippen molar-refractivity contribution in [2.45, 2.75) is 38.6 Å². The first-order valence-electron chi connectivity index (χ1n) is 6.34. The van der Waals surface area contributed by atoms with Crippen LogP contribution in [-0.4, -0.2) is 34.6 Å². The van der Waals surface area contributed by atoms with Crippen LogP contribution in [0, 0.1) is 0 Å². The summed E-state index contributed by atoms with van der Waals surface area (Å²) in [5, 5.41) is 11.5. The van der Waals surface area contributed by atoms with Gasteiger partial charge < -0.3 is 15.2 Å². The second-order valence-corrected chi connectivity index (χ2v) is 5.19. The lowest BCUT2D eigenvalue weighted by molar-refractivity contribution is -0.137. The first-order valence-corrected chi connectivity index (χ1v) is 6.34. The van der Waals surface area contributed by atoms with Gasteiger partial charge in [0.2, 0.25) is 5.91 Å². The van der Waals surface area contributed by atoms with E-state index in [2.05, 4.69) is 10.3 Å². The topological polar surface area (TPSA) is 88.5 Å². The highest BCUT2D eigenvalue weighted by Crippen LogP contribution is 2.12. The van der Waals surface area contributed by atoms with Crippen molar-refractivity contribution in [1.29, 1.82) is 0 Å². The number of carbonyl (C=O) groups is 2. The Labute approximate surface area is 118 Å². The Hall–Kier alpha value is -2.11. The van der Waals surface area contributed by atoms with Crippen LogP contribution in [-0.2, 0) is 16.0 Å². The maximum atomic E-state index is 11.9. The minimum atomic E-state index is -0.871. The molecule has 0 saturated carbocycles. The number of rotatable bonds is 7. The van der Waals surface area contributed by atoms with Gasteiger partial charge in [-0.1, -0.05) is 0 Å². The van der Waals surface area contributed by atoms with Gasteiger partial charge in [-0.2, -0.15) is 0 Å². The van der Waals surface area contributed by atoms with Gasteiger partial charge in [0.05, 0.1) is 19.7 Å². The fourth-order valence-corrected chi connectivity index (χ4v) is 1.70. The molecule has 6 nitrogen and oxygen atoms in total. The van der Waals surface area contributed by atoms with Crippen molar-refractivity contribution in [2.24, 2.45) is 0 Å². The first kappa shape index (κ1) is 15.9. The molecule has 0 unspecified atom stereocenters. The molecule has 0 bridgehead atoms. The zero-order valence-electron chi connectivity index (χ0n) is 12.0. The smallest absolute Gasteiger partial charge is 0.303 e. The number of carboxylic acids is 1. The van der Waals surface area contributed by atoms with Crippen molar-refractivity contribution in [1.82, 2.24) is 10.3 Å². The third kappa shape index (κ3) is 5.69. The van der Waals surface area contributed by atoms with Crippen LogP contribution in [0.2, 0.25) is 0 Å². The third-order valence-electron chi connectivity index (χ3n) is 2.82. The number of amides is 1. The van der Waals surface area contributed by atoms with Crippen LogP contribution in [0.1, 0.15) is 32.4 Å². The van der Waals surface area contributed by atoms with E-state index >= 15 is 0 Å². The molecule has 0 aliphatic heterocycles. The third-order valence-corrected chi connectivity index (χ3v) is 2.82. The Morgan fingerprint density at radius 3 is 2.60 bits per heavy atom. The molecule has 2 N–H and O–H groups in total. The lowest BCUT2D eigenvalue weighted by Gasteiger charge is -2.25. The molecule has 1 rings (SSSR count). The number of carbonyl (C=O) groups excluding carboxylic acids is 1. The van der Waals surface area contributed by atoms with Crippen LogP contribution in [0.15, 0.2) is 18.3 Å². The lowest BCUT2D eigenvalue weighted by atomic mass is 9.98. The highest BCUT2D eigenvalue weighted by Gasteiger charge is 2.21. The number of methoxy groups -OCH3 is 1. The van der Waals surface area contributed by atoms with Crippen LogP contribution in [0.25, 0.3) is 0 Å². The van der Waals surface area contributed by atoms with Crippen LogP contribution >= 0.6 is 0 Å². The number of hydrogen-bond donors (Lipinski definition) is 2. The minimum absolute atomic E-state index is 0.0219. The van der Waals surface area contributed by atoms with Crippen molar-refractivity contribution in [3.05, 3.63) is 24.0 Å². The van der Waals surface area contributed by atoms with Crippen molar-refractivity contribution < 1.29 is 19.4 Å². The summed E-state index contributed by atoms with van der Waals surface area (Å²) in [6.07, 6.45) is 2.11. The number of hydrogen-bond acceptors (Lipinski definition) is 4. The zero-order valence-corrected chi connectivity index (χ0v) is 12.0. The number of nitrogens with one attached hydrogen (secondary N) is 1. The Kier molecular flexibility index (Phi) is 5.49. The molecular weight excluding hydrogens is 260 g/mol. The summed E-state index contributed by atoms with van der Waals surface area (Å²) < 4.78 is 4.99.